The molecule has 16 aromatic heterocycles. The Labute approximate surface area is 711 Å². The average Bonchev–Trinajstić information content (AvgIpc) is 1.73. The molecule has 0 amide bonds. The Bertz CT molecular complexity index is 6840. The van der Waals surface area contributed by atoms with Gasteiger partial charge in [-0.3, -0.25) is 61.6 Å². The summed E-state index contributed by atoms with van der Waals surface area (Å²) in [5.74, 6) is 0. The fourth-order valence-electron chi connectivity index (χ4n) is 15.5. The second kappa shape index (κ2) is 36.7. The molecule has 0 bridgehead atoms. The maximum Gasteiger partial charge on any atom is 0.258 e. The lowest BCUT2D eigenvalue weighted by Crippen LogP contribution is -2.39. The van der Waals surface area contributed by atoms with Gasteiger partial charge in [-0.15, -0.1) is 0 Å². The van der Waals surface area contributed by atoms with E-state index in [9.17, 15) is 19.2 Å². The zero-order valence-electron chi connectivity index (χ0n) is 73.0. The highest BCUT2D eigenvalue weighted by Gasteiger charge is 2.26. The second-order valence-corrected chi connectivity index (χ2v) is 32.3. The molecule has 0 aromatic carbocycles. The van der Waals surface area contributed by atoms with Crippen LogP contribution in [-0.2, 0) is 30.4 Å². The molecule has 2 saturated heterocycles. The Hall–Kier alpha value is -13.1. The van der Waals surface area contributed by atoms with Crippen molar-refractivity contribution in [1.29, 1.82) is 0 Å². The standard InChI is InChI=1S/C24H29N7O.C23H27N7O2.C22H27N7O.C21H25N7O/c1-6-19-22-10-21(27-31(22)12-16(3)25-19)20-11-23(32)30-14-18(9-15(2)24(30)26-20)29-8-7-17(13-29)28(4)5;1-3-18-21-12-20(27-30(21)14-16(2)25-18)19-13-23(31)29-15-17(4-5-22(29)26-19)24-6-7-28-8-10-32-11-9-28;1-6-17-20-11-19(25-29(20)13-15(2)23-17)18-12-22(30)28-14-16(7-8-21(28)24-18)27(5)10-9-26(3)4;1-5-16-19-10-18(25-28(19)12-14(2)23-16)17-11-21(29)27-13-15(6-7-20(27)24-17)22-8-9-26(3)4/h9-12,14,17H,6-8,13H2,1-5H3;4-5,12-15,24H,3,6-11H2,1-2H3;7-8,11-14H,6,9-10H2,1-5H3;6-7,10-13,22H,5,8-9H2,1-4H3/t17-;;;/m1.../s1. The van der Waals surface area contributed by atoms with Crippen LogP contribution in [0.5, 0.6) is 0 Å². The van der Waals surface area contributed by atoms with Crippen molar-refractivity contribution in [2.45, 2.75) is 100 Å². The van der Waals surface area contributed by atoms with E-state index in [1.165, 1.54) is 12.1 Å². The van der Waals surface area contributed by atoms with Crippen molar-refractivity contribution in [2.24, 2.45) is 0 Å². The SMILES string of the molecule is CCc1nc(C)cn2nc(-c3cc(=O)n4cc(N(C)CCN(C)C)ccc4n3)cc12.CCc1nc(C)cn2nc(-c3cc(=O)n4cc(N5CC[C@@H](N(C)C)C5)cc(C)c4n3)cc12.CCc1nc(C)cn2nc(-c3cc(=O)n4cc(NCCN(C)C)ccc4n3)cc12.CCc1nc(C)cn2nc(-c3cc(=O)n4cc(NCCN5CCOCC5)ccc4n3)cc12. The zero-order chi connectivity index (χ0) is 86.6. The Morgan fingerprint density at radius 2 is 0.805 bits per heavy atom. The number of aromatic nitrogens is 20. The van der Waals surface area contributed by atoms with Gasteiger partial charge in [-0.25, -0.2) is 38.0 Å². The first-order valence-corrected chi connectivity index (χ1v) is 42.0. The predicted octanol–water partition coefficient (Wildman–Crippen LogP) is 9.26. The van der Waals surface area contributed by atoms with E-state index in [1.54, 1.807) is 42.1 Å². The van der Waals surface area contributed by atoms with Crippen molar-refractivity contribution >= 4 is 67.4 Å². The Balaban J connectivity index is 0.000000127. The summed E-state index contributed by atoms with van der Waals surface area (Å²) in [6.45, 7) is 28.8. The van der Waals surface area contributed by atoms with Gasteiger partial charge < -0.3 is 39.9 Å². The van der Waals surface area contributed by atoms with E-state index in [2.05, 4.69) is 133 Å². The van der Waals surface area contributed by atoms with Crippen LogP contribution in [0.15, 0.2) is 160 Å². The average molecular weight is 1660 g/mol. The van der Waals surface area contributed by atoms with Crippen molar-refractivity contribution in [3.05, 3.63) is 233 Å². The topological polar surface area (TPSA) is 311 Å². The molecule has 18 rings (SSSR count). The highest BCUT2D eigenvalue weighted by molar-refractivity contribution is 5.72. The highest BCUT2D eigenvalue weighted by Crippen LogP contribution is 2.29. The van der Waals surface area contributed by atoms with Gasteiger partial charge in [0.1, 0.15) is 45.4 Å². The molecule has 1 atom stereocenters. The first kappa shape index (κ1) is 84.9. The molecule has 0 radical (unpaired) electrons. The van der Waals surface area contributed by atoms with E-state index in [-0.39, 0.29) is 22.2 Å². The summed E-state index contributed by atoms with van der Waals surface area (Å²) >= 11 is 0. The van der Waals surface area contributed by atoms with Crippen LogP contribution in [0.2, 0.25) is 0 Å². The maximum atomic E-state index is 13.1. The van der Waals surface area contributed by atoms with Gasteiger partial charge >= 0.3 is 0 Å². The van der Waals surface area contributed by atoms with Gasteiger partial charge in [-0.1, -0.05) is 27.7 Å². The number of aryl methyl sites for hydroxylation is 9. The molecule has 0 unspecified atom stereocenters. The van der Waals surface area contributed by atoms with Gasteiger partial charge in [0.05, 0.1) is 151 Å². The number of hydrogen-bond acceptors (Lipinski definition) is 25. The quantitative estimate of drug-likeness (QED) is 0.0638. The molecule has 638 valence electrons. The zero-order valence-corrected chi connectivity index (χ0v) is 73.0. The predicted molar refractivity (Wildman–Crippen MR) is 484 cm³/mol. The van der Waals surface area contributed by atoms with E-state index in [1.807, 2.05) is 186 Å². The normalized spacial score (nSPS) is 13.8. The number of pyridine rings is 4. The number of fused-ring (bicyclic) bond motifs is 8. The minimum Gasteiger partial charge on any atom is -0.383 e. The van der Waals surface area contributed by atoms with E-state index in [4.69, 9.17) is 19.7 Å². The number of anilines is 4. The number of nitrogens with zero attached hydrogens (tertiary/aromatic N) is 26. The third-order valence-electron chi connectivity index (χ3n) is 22.2. The van der Waals surface area contributed by atoms with Crippen LogP contribution < -0.4 is 42.7 Å². The van der Waals surface area contributed by atoms with Crippen LogP contribution in [-0.4, -0.2) is 250 Å². The maximum absolute atomic E-state index is 13.1. The smallest absolute Gasteiger partial charge is 0.258 e. The summed E-state index contributed by atoms with van der Waals surface area (Å²) in [6, 6.07) is 28.2. The van der Waals surface area contributed by atoms with E-state index in [0.29, 0.717) is 74.2 Å². The van der Waals surface area contributed by atoms with Gasteiger partial charge in [0, 0.05) is 128 Å². The lowest BCUT2D eigenvalue weighted by molar-refractivity contribution is 0.0398. The lowest BCUT2D eigenvalue weighted by Gasteiger charge is -2.26. The van der Waals surface area contributed by atoms with Crippen LogP contribution in [0.25, 0.3) is 90.2 Å². The largest absolute Gasteiger partial charge is 0.383 e. The highest BCUT2D eigenvalue weighted by atomic mass is 16.5. The molecule has 33 nitrogen and oxygen atoms in total. The van der Waals surface area contributed by atoms with E-state index >= 15 is 0 Å². The molecule has 33 heteroatoms. The summed E-state index contributed by atoms with van der Waals surface area (Å²) in [5.41, 5.74) is 23.1. The Kier molecular flexibility index (Phi) is 25.3. The number of nitrogens with one attached hydrogen (secondary N) is 2. The number of likely N-dealkylation sites (N-methyl/N-ethyl adjacent to an activating group) is 4. The fourth-order valence-corrected chi connectivity index (χ4v) is 15.5. The van der Waals surface area contributed by atoms with E-state index < -0.39 is 0 Å². The van der Waals surface area contributed by atoms with E-state index in [0.717, 1.165) is 207 Å². The first-order chi connectivity index (χ1) is 59.2. The molecule has 0 aliphatic carbocycles. The first-order valence-electron chi connectivity index (χ1n) is 42.0. The number of ether oxygens (including phenoxy) is 1. The molecule has 2 aliphatic heterocycles. The summed E-state index contributed by atoms with van der Waals surface area (Å²) in [5, 5.41) is 25.3. The van der Waals surface area contributed by atoms with Crippen molar-refractivity contribution in [3.8, 4) is 45.6 Å². The van der Waals surface area contributed by atoms with Gasteiger partial charge in [-0.2, -0.15) is 20.4 Å². The molecule has 0 spiro atoms. The molecule has 123 heavy (non-hydrogen) atoms. The molecular formula is C90H108N28O5. The summed E-state index contributed by atoms with van der Waals surface area (Å²) in [6.07, 6.45) is 19.3. The van der Waals surface area contributed by atoms with Gasteiger partial charge in [0.25, 0.3) is 22.2 Å². The number of morpholine rings is 1. The van der Waals surface area contributed by atoms with Crippen molar-refractivity contribution < 1.29 is 4.74 Å². The molecule has 2 aliphatic rings. The summed E-state index contributed by atoms with van der Waals surface area (Å²) in [7, 11) is 14.4. The molecular weight excluding hydrogens is 1550 g/mol. The van der Waals surface area contributed by atoms with Gasteiger partial charge in [0.15, 0.2) is 0 Å². The number of rotatable bonds is 22. The molecule has 16 aromatic rings. The molecule has 0 saturated carbocycles. The number of hydrogen-bond donors (Lipinski definition) is 2. The fraction of sp³-hybridized carbons (Fsp3) is 0.378. The summed E-state index contributed by atoms with van der Waals surface area (Å²) < 4.78 is 19.1. The van der Waals surface area contributed by atoms with Crippen LogP contribution in [0.4, 0.5) is 22.7 Å². The summed E-state index contributed by atoms with van der Waals surface area (Å²) in [4.78, 5) is 102. The van der Waals surface area contributed by atoms with Crippen LogP contribution in [0, 0.1) is 34.6 Å². The third kappa shape index (κ3) is 19.0. The Morgan fingerprint density at radius 3 is 1.21 bits per heavy atom. The molecule has 18 heterocycles. The monoisotopic (exact) mass is 1660 g/mol. The van der Waals surface area contributed by atoms with Crippen molar-refractivity contribution in [3.63, 3.8) is 0 Å². The second-order valence-electron chi connectivity index (χ2n) is 32.3. The van der Waals surface area contributed by atoms with Crippen LogP contribution >= 0.6 is 0 Å². The van der Waals surface area contributed by atoms with Crippen LogP contribution in [0.3, 0.4) is 0 Å². The molecule has 2 fully saturated rings. The minimum atomic E-state index is -0.136. The third-order valence-corrected chi connectivity index (χ3v) is 22.2. The van der Waals surface area contributed by atoms with Gasteiger partial charge in [0.2, 0.25) is 0 Å². The lowest BCUT2D eigenvalue weighted by atomic mass is 10.2. The Morgan fingerprint density at radius 1 is 0.407 bits per heavy atom. The van der Waals surface area contributed by atoms with Crippen molar-refractivity contribution in [1.82, 2.24) is 116 Å². The van der Waals surface area contributed by atoms with Crippen molar-refractivity contribution in [2.75, 3.05) is 148 Å². The van der Waals surface area contributed by atoms with Crippen LogP contribution in [0.1, 0.15) is 85.2 Å². The molecule has 2 N–H and O–H groups in total. The van der Waals surface area contributed by atoms with Gasteiger partial charge in [-0.05, 0) is 181 Å². The minimum absolute atomic E-state index is 0.0969.